The fourth-order valence-electron chi connectivity index (χ4n) is 3.53. The summed E-state index contributed by atoms with van der Waals surface area (Å²) in [5.41, 5.74) is 5.40. The summed E-state index contributed by atoms with van der Waals surface area (Å²) in [5.74, 6) is 1.41. The van der Waals surface area contributed by atoms with Gasteiger partial charge in [0.15, 0.2) is 5.96 Å². The van der Waals surface area contributed by atoms with Crippen LogP contribution in [0, 0.1) is 11.8 Å². The van der Waals surface area contributed by atoms with Gasteiger partial charge in [0.05, 0.1) is 0 Å². The van der Waals surface area contributed by atoms with Gasteiger partial charge in [-0.3, -0.25) is 9.79 Å². The van der Waals surface area contributed by atoms with Gasteiger partial charge in [0.25, 0.3) is 0 Å². The van der Waals surface area contributed by atoms with E-state index in [1.807, 2.05) is 11.3 Å². The van der Waals surface area contributed by atoms with Gasteiger partial charge in [-0.2, -0.15) is 0 Å². The van der Waals surface area contributed by atoms with E-state index in [0.29, 0.717) is 5.92 Å². The largest absolute Gasteiger partial charge is 0.369 e. The standard InChI is InChI=1S/C21H37N5OS.HI/c1-3-23-21(25-16-17(2)15-19-7-6-14-28-19)24-10-4-5-11-26-12-8-18(9-13-26)20(22)27;/h6-7,14,17-18H,3-5,8-13,15-16H2,1-2H3,(H2,22,27)(H2,23,24,25);1H. The van der Waals surface area contributed by atoms with Gasteiger partial charge in [-0.05, 0) is 76.0 Å². The van der Waals surface area contributed by atoms with Crippen molar-refractivity contribution in [2.45, 2.75) is 46.0 Å². The molecule has 1 fully saturated rings. The number of likely N-dealkylation sites (tertiary alicyclic amines) is 1. The summed E-state index contributed by atoms with van der Waals surface area (Å²) in [6.07, 6.45) is 5.18. The summed E-state index contributed by atoms with van der Waals surface area (Å²) < 4.78 is 0. The number of aliphatic imine (C=N–C) groups is 1. The number of nitrogens with zero attached hydrogens (tertiary/aromatic N) is 2. The van der Waals surface area contributed by atoms with Gasteiger partial charge in [0.2, 0.25) is 5.91 Å². The normalized spacial score (nSPS) is 16.8. The quantitative estimate of drug-likeness (QED) is 0.176. The number of guanidine groups is 1. The molecule has 1 atom stereocenters. The summed E-state index contributed by atoms with van der Waals surface area (Å²) in [6.45, 7) is 10.1. The van der Waals surface area contributed by atoms with E-state index in [1.54, 1.807) is 0 Å². The first-order valence-electron chi connectivity index (χ1n) is 10.6. The molecule has 1 saturated heterocycles. The Kier molecular flexibility index (Phi) is 13.5. The number of thiophene rings is 1. The van der Waals surface area contributed by atoms with Crippen LogP contribution < -0.4 is 16.4 Å². The minimum atomic E-state index is -0.135. The number of piperidine rings is 1. The van der Waals surface area contributed by atoms with Crippen LogP contribution in [-0.2, 0) is 11.2 Å². The summed E-state index contributed by atoms with van der Waals surface area (Å²) in [5, 5.41) is 8.93. The topological polar surface area (TPSA) is 82.8 Å². The average molecular weight is 536 g/mol. The molecule has 0 bridgehead atoms. The smallest absolute Gasteiger partial charge is 0.220 e. The van der Waals surface area contributed by atoms with Gasteiger partial charge in [-0.15, -0.1) is 35.3 Å². The van der Waals surface area contributed by atoms with Gasteiger partial charge in [0, 0.05) is 30.4 Å². The fraction of sp³-hybridized carbons (Fsp3) is 0.714. The molecule has 1 unspecified atom stereocenters. The van der Waals surface area contributed by atoms with Crippen molar-refractivity contribution in [1.29, 1.82) is 0 Å². The highest BCUT2D eigenvalue weighted by molar-refractivity contribution is 14.0. The van der Waals surface area contributed by atoms with E-state index in [1.165, 1.54) is 4.88 Å². The molecule has 1 aromatic rings. The molecule has 166 valence electrons. The van der Waals surface area contributed by atoms with Crippen LogP contribution in [0.5, 0.6) is 0 Å². The zero-order valence-corrected chi connectivity index (χ0v) is 21.0. The van der Waals surface area contributed by atoms with E-state index in [9.17, 15) is 4.79 Å². The number of unbranched alkanes of at least 4 members (excludes halogenated alkanes) is 1. The lowest BCUT2D eigenvalue weighted by Crippen LogP contribution is -2.40. The summed E-state index contributed by atoms with van der Waals surface area (Å²) in [6, 6.07) is 4.31. The number of rotatable bonds is 11. The Morgan fingerprint density at radius 3 is 2.72 bits per heavy atom. The first-order valence-corrected chi connectivity index (χ1v) is 11.5. The molecular formula is C21H38IN5OS. The number of hydrogen-bond donors (Lipinski definition) is 3. The maximum atomic E-state index is 11.2. The van der Waals surface area contributed by atoms with Gasteiger partial charge in [-0.25, -0.2) is 0 Å². The number of nitrogens with two attached hydrogens (primary N) is 1. The summed E-state index contributed by atoms with van der Waals surface area (Å²) in [7, 11) is 0. The minimum absolute atomic E-state index is 0. The lowest BCUT2D eigenvalue weighted by molar-refractivity contribution is -0.123. The van der Waals surface area contributed by atoms with Crippen LogP contribution in [0.2, 0.25) is 0 Å². The number of amides is 1. The molecular weight excluding hydrogens is 497 g/mol. The molecule has 8 heteroatoms. The Balaban J connectivity index is 0.00000420. The van der Waals surface area contributed by atoms with Crippen LogP contribution in [0.4, 0.5) is 0 Å². The summed E-state index contributed by atoms with van der Waals surface area (Å²) >= 11 is 1.82. The molecule has 0 aliphatic carbocycles. The number of nitrogens with one attached hydrogen (secondary N) is 2. The highest BCUT2D eigenvalue weighted by Gasteiger charge is 2.22. The highest BCUT2D eigenvalue weighted by atomic mass is 127. The highest BCUT2D eigenvalue weighted by Crippen LogP contribution is 2.17. The third-order valence-corrected chi connectivity index (χ3v) is 6.12. The molecule has 4 N–H and O–H groups in total. The van der Waals surface area contributed by atoms with E-state index in [4.69, 9.17) is 10.7 Å². The van der Waals surface area contributed by atoms with Crippen molar-refractivity contribution in [2.24, 2.45) is 22.6 Å². The molecule has 2 rings (SSSR count). The third-order valence-electron chi connectivity index (χ3n) is 5.22. The number of carbonyl (C=O) groups excluding carboxylic acids is 1. The van der Waals surface area contributed by atoms with Crippen molar-refractivity contribution in [2.75, 3.05) is 39.3 Å². The first kappa shape index (κ1) is 26.2. The second-order valence-electron chi connectivity index (χ2n) is 7.76. The van der Waals surface area contributed by atoms with Gasteiger partial charge >= 0.3 is 0 Å². The van der Waals surface area contributed by atoms with Crippen LogP contribution in [0.15, 0.2) is 22.5 Å². The Labute approximate surface area is 197 Å². The monoisotopic (exact) mass is 535 g/mol. The Morgan fingerprint density at radius 2 is 2.10 bits per heavy atom. The maximum Gasteiger partial charge on any atom is 0.220 e. The number of carbonyl (C=O) groups is 1. The Bertz CT molecular complexity index is 588. The molecule has 0 aromatic carbocycles. The minimum Gasteiger partial charge on any atom is -0.369 e. The van der Waals surface area contributed by atoms with Crippen molar-refractivity contribution in [3.05, 3.63) is 22.4 Å². The van der Waals surface area contributed by atoms with Crippen molar-refractivity contribution < 1.29 is 4.79 Å². The number of primary amides is 1. The zero-order valence-electron chi connectivity index (χ0n) is 17.9. The summed E-state index contributed by atoms with van der Waals surface area (Å²) in [4.78, 5) is 19.9. The fourth-order valence-corrected chi connectivity index (χ4v) is 4.40. The van der Waals surface area contributed by atoms with Crippen molar-refractivity contribution >= 4 is 47.2 Å². The molecule has 1 aromatic heterocycles. The van der Waals surface area contributed by atoms with E-state index >= 15 is 0 Å². The molecule has 6 nitrogen and oxygen atoms in total. The van der Waals surface area contributed by atoms with Gasteiger partial charge in [0.1, 0.15) is 0 Å². The molecule has 1 aliphatic heterocycles. The number of hydrogen-bond acceptors (Lipinski definition) is 4. The van der Waals surface area contributed by atoms with Crippen LogP contribution >= 0.6 is 35.3 Å². The Hall–Kier alpha value is -0.870. The second kappa shape index (κ2) is 15.0. The predicted molar refractivity (Wildman–Crippen MR) is 134 cm³/mol. The van der Waals surface area contributed by atoms with Crippen molar-refractivity contribution in [3.63, 3.8) is 0 Å². The average Bonchev–Trinajstić information content (AvgIpc) is 3.19. The van der Waals surface area contributed by atoms with Gasteiger partial charge in [-0.1, -0.05) is 13.0 Å². The van der Waals surface area contributed by atoms with E-state index in [-0.39, 0.29) is 35.8 Å². The molecule has 2 heterocycles. The third kappa shape index (κ3) is 10.6. The van der Waals surface area contributed by atoms with E-state index < -0.39 is 0 Å². The SMILES string of the molecule is CCNC(=NCC(C)Cc1cccs1)NCCCCN1CCC(C(N)=O)CC1.I. The van der Waals surface area contributed by atoms with E-state index in [2.05, 4.69) is 46.9 Å². The van der Waals surface area contributed by atoms with Crippen molar-refractivity contribution in [1.82, 2.24) is 15.5 Å². The van der Waals surface area contributed by atoms with Crippen LogP contribution in [0.3, 0.4) is 0 Å². The zero-order chi connectivity index (χ0) is 20.2. The second-order valence-corrected chi connectivity index (χ2v) is 8.79. The first-order chi connectivity index (χ1) is 13.6. The molecule has 0 radical (unpaired) electrons. The van der Waals surface area contributed by atoms with Crippen LogP contribution in [0.1, 0.15) is 44.4 Å². The predicted octanol–water partition coefficient (Wildman–Crippen LogP) is 3.08. The molecule has 1 aliphatic rings. The molecule has 1 amide bonds. The molecule has 0 saturated carbocycles. The molecule has 0 spiro atoms. The lowest BCUT2D eigenvalue weighted by atomic mass is 9.96. The number of halogens is 1. The van der Waals surface area contributed by atoms with E-state index in [0.717, 1.165) is 77.3 Å². The van der Waals surface area contributed by atoms with Crippen LogP contribution in [-0.4, -0.2) is 56.0 Å². The Morgan fingerprint density at radius 1 is 1.34 bits per heavy atom. The maximum absolute atomic E-state index is 11.2. The molecule has 29 heavy (non-hydrogen) atoms. The lowest BCUT2D eigenvalue weighted by Gasteiger charge is -2.30. The van der Waals surface area contributed by atoms with Crippen LogP contribution in [0.25, 0.3) is 0 Å². The van der Waals surface area contributed by atoms with Crippen molar-refractivity contribution in [3.8, 4) is 0 Å². The van der Waals surface area contributed by atoms with Gasteiger partial charge < -0.3 is 21.3 Å².